The Balaban J connectivity index is 2.80. The number of carbonyl (C=O) groups is 2. The van der Waals surface area contributed by atoms with Crippen LogP contribution < -0.4 is 11.1 Å². The molecular formula is C11H15N3O3. The van der Waals surface area contributed by atoms with E-state index in [-0.39, 0.29) is 11.5 Å². The number of amides is 1. The van der Waals surface area contributed by atoms with Crippen LogP contribution >= 0.6 is 0 Å². The van der Waals surface area contributed by atoms with Crippen LogP contribution in [-0.2, 0) is 4.79 Å². The van der Waals surface area contributed by atoms with Gasteiger partial charge in [0.05, 0.1) is 5.56 Å². The van der Waals surface area contributed by atoms with Crippen LogP contribution in [0.4, 0.5) is 5.82 Å². The number of hydrogen-bond donors (Lipinski definition) is 3. The number of nitrogens with one attached hydrogen (secondary N) is 1. The summed E-state index contributed by atoms with van der Waals surface area (Å²) in [4.78, 5) is 25.7. The number of aromatic nitrogens is 1. The summed E-state index contributed by atoms with van der Waals surface area (Å²) in [5, 5.41) is 11.8. The Morgan fingerprint density at radius 3 is 2.41 bits per heavy atom. The zero-order valence-corrected chi connectivity index (χ0v) is 9.68. The smallest absolute Gasteiger partial charge is 0.326 e. The van der Waals surface area contributed by atoms with E-state index in [0.29, 0.717) is 5.82 Å². The van der Waals surface area contributed by atoms with Crippen LogP contribution in [0.3, 0.4) is 0 Å². The molecule has 0 aliphatic rings. The predicted molar refractivity (Wildman–Crippen MR) is 62.6 cm³/mol. The maximum Gasteiger partial charge on any atom is 0.326 e. The molecular weight excluding hydrogens is 222 g/mol. The summed E-state index contributed by atoms with van der Waals surface area (Å²) in [7, 11) is 0. The van der Waals surface area contributed by atoms with Gasteiger partial charge in [0, 0.05) is 6.20 Å². The number of carbonyl (C=O) groups excluding carboxylic acids is 1. The monoisotopic (exact) mass is 237 g/mol. The molecule has 4 N–H and O–H groups in total. The second-order valence-corrected chi connectivity index (χ2v) is 4.00. The molecule has 1 atom stereocenters. The normalized spacial score (nSPS) is 12.2. The summed E-state index contributed by atoms with van der Waals surface area (Å²) in [6, 6.07) is 2.30. The van der Waals surface area contributed by atoms with Crippen molar-refractivity contribution in [2.45, 2.75) is 19.9 Å². The fraction of sp³-hybridized carbons (Fsp3) is 0.364. The van der Waals surface area contributed by atoms with E-state index in [1.165, 1.54) is 18.3 Å². The van der Waals surface area contributed by atoms with E-state index in [4.69, 9.17) is 10.8 Å². The lowest BCUT2D eigenvalue weighted by atomic mass is 10.1. The molecule has 0 fully saturated rings. The molecule has 0 saturated carbocycles. The van der Waals surface area contributed by atoms with Gasteiger partial charge < -0.3 is 16.2 Å². The van der Waals surface area contributed by atoms with Crippen LogP contribution in [0, 0.1) is 5.92 Å². The fourth-order valence-electron chi connectivity index (χ4n) is 1.30. The highest BCUT2D eigenvalue weighted by Gasteiger charge is 2.21. The molecule has 0 bridgehead atoms. The molecule has 1 aromatic rings. The van der Waals surface area contributed by atoms with E-state index < -0.39 is 17.9 Å². The number of carboxylic acids is 1. The number of carboxylic acid groups (broad SMARTS) is 1. The molecule has 1 amide bonds. The summed E-state index contributed by atoms with van der Waals surface area (Å²) in [5.74, 6) is -1.19. The highest BCUT2D eigenvalue weighted by molar-refractivity contribution is 5.92. The maximum absolute atomic E-state index is 11.0. The van der Waals surface area contributed by atoms with E-state index in [1.54, 1.807) is 13.8 Å². The number of primary amides is 1. The lowest BCUT2D eigenvalue weighted by Crippen LogP contribution is -2.34. The Kier molecular flexibility index (Phi) is 4.03. The van der Waals surface area contributed by atoms with Crippen molar-refractivity contribution in [1.82, 2.24) is 4.98 Å². The van der Waals surface area contributed by atoms with Gasteiger partial charge in [-0.2, -0.15) is 0 Å². The van der Waals surface area contributed by atoms with Gasteiger partial charge in [0.25, 0.3) is 0 Å². The third-order valence-electron chi connectivity index (χ3n) is 2.28. The van der Waals surface area contributed by atoms with E-state index in [0.717, 1.165) is 0 Å². The van der Waals surface area contributed by atoms with Gasteiger partial charge >= 0.3 is 5.97 Å². The molecule has 0 spiro atoms. The van der Waals surface area contributed by atoms with E-state index in [9.17, 15) is 9.59 Å². The highest BCUT2D eigenvalue weighted by Crippen LogP contribution is 2.11. The Hall–Kier alpha value is -2.11. The quantitative estimate of drug-likeness (QED) is 0.699. The van der Waals surface area contributed by atoms with Gasteiger partial charge in [-0.1, -0.05) is 13.8 Å². The van der Waals surface area contributed by atoms with Crippen molar-refractivity contribution in [1.29, 1.82) is 0 Å². The maximum atomic E-state index is 11.0. The third-order valence-corrected chi connectivity index (χ3v) is 2.28. The van der Waals surface area contributed by atoms with Crippen molar-refractivity contribution in [3.05, 3.63) is 23.9 Å². The van der Waals surface area contributed by atoms with Crippen LogP contribution in [-0.4, -0.2) is 28.0 Å². The molecule has 0 unspecified atom stereocenters. The first-order valence-electron chi connectivity index (χ1n) is 5.17. The molecule has 0 aromatic carbocycles. The summed E-state index contributed by atoms with van der Waals surface area (Å²) >= 11 is 0. The molecule has 1 aromatic heterocycles. The standard InChI is InChI=1S/C11H15N3O3/c1-6(2)9(11(16)17)14-8-4-3-7(5-13-8)10(12)15/h3-6,9H,1-2H3,(H2,12,15)(H,13,14)(H,16,17)/t9-/m0/s1. The van der Waals surface area contributed by atoms with Crippen molar-refractivity contribution in [3.63, 3.8) is 0 Å². The van der Waals surface area contributed by atoms with Crippen molar-refractivity contribution in [2.24, 2.45) is 11.7 Å². The molecule has 0 aliphatic heterocycles. The van der Waals surface area contributed by atoms with E-state index >= 15 is 0 Å². The Labute approximate surface area is 98.8 Å². The van der Waals surface area contributed by atoms with Gasteiger partial charge in [-0.25, -0.2) is 9.78 Å². The third kappa shape index (κ3) is 3.44. The molecule has 0 saturated heterocycles. The summed E-state index contributed by atoms with van der Waals surface area (Å²) < 4.78 is 0. The number of rotatable bonds is 5. The zero-order chi connectivity index (χ0) is 13.0. The Morgan fingerprint density at radius 2 is 2.06 bits per heavy atom. The van der Waals surface area contributed by atoms with Gasteiger partial charge in [-0.3, -0.25) is 4.79 Å². The van der Waals surface area contributed by atoms with Crippen molar-refractivity contribution < 1.29 is 14.7 Å². The van der Waals surface area contributed by atoms with Gasteiger partial charge in [-0.15, -0.1) is 0 Å². The summed E-state index contributed by atoms with van der Waals surface area (Å²) in [6.07, 6.45) is 1.31. The van der Waals surface area contributed by atoms with Gasteiger partial charge in [0.15, 0.2) is 0 Å². The van der Waals surface area contributed by atoms with Crippen LogP contribution in [0.2, 0.25) is 0 Å². The van der Waals surface area contributed by atoms with Gasteiger partial charge in [0.2, 0.25) is 5.91 Å². The minimum absolute atomic E-state index is 0.0786. The number of nitrogens with two attached hydrogens (primary N) is 1. The van der Waals surface area contributed by atoms with Crippen LogP contribution in [0.15, 0.2) is 18.3 Å². The largest absolute Gasteiger partial charge is 0.480 e. The number of aliphatic carboxylic acids is 1. The van der Waals surface area contributed by atoms with Crippen molar-refractivity contribution in [2.75, 3.05) is 5.32 Å². The molecule has 0 radical (unpaired) electrons. The van der Waals surface area contributed by atoms with E-state index in [2.05, 4.69) is 10.3 Å². The molecule has 6 nitrogen and oxygen atoms in total. The SMILES string of the molecule is CC(C)[C@H](Nc1ccc(C(N)=O)cn1)C(=O)O. The van der Waals surface area contributed by atoms with Crippen LogP contribution in [0.25, 0.3) is 0 Å². The number of hydrogen-bond acceptors (Lipinski definition) is 4. The minimum Gasteiger partial charge on any atom is -0.480 e. The first-order valence-corrected chi connectivity index (χ1v) is 5.17. The van der Waals surface area contributed by atoms with Crippen molar-refractivity contribution >= 4 is 17.7 Å². The van der Waals surface area contributed by atoms with Gasteiger partial charge in [0.1, 0.15) is 11.9 Å². The average Bonchev–Trinajstić information content (AvgIpc) is 2.25. The molecule has 1 rings (SSSR count). The second-order valence-electron chi connectivity index (χ2n) is 4.00. The Bertz CT molecular complexity index is 414. The lowest BCUT2D eigenvalue weighted by Gasteiger charge is -2.18. The first-order chi connectivity index (χ1) is 7.91. The zero-order valence-electron chi connectivity index (χ0n) is 9.68. The summed E-state index contributed by atoms with van der Waals surface area (Å²) in [6.45, 7) is 3.59. The van der Waals surface area contributed by atoms with Crippen LogP contribution in [0.1, 0.15) is 24.2 Å². The first kappa shape index (κ1) is 13.0. The molecule has 17 heavy (non-hydrogen) atoms. The van der Waals surface area contributed by atoms with E-state index in [1.807, 2.05) is 0 Å². The topological polar surface area (TPSA) is 105 Å². The molecule has 1 heterocycles. The predicted octanol–water partition coefficient (Wildman–Crippen LogP) is 0.702. The summed E-state index contributed by atoms with van der Waals surface area (Å²) in [5.41, 5.74) is 5.35. The average molecular weight is 237 g/mol. The number of anilines is 1. The Morgan fingerprint density at radius 1 is 1.41 bits per heavy atom. The van der Waals surface area contributed by atoms with Crippen LogP contribution in [0.5, 0.6) is 0 Å². The molecule has 0 aliphatic carbocycles. The molecule has 6 heteroatoms. The molecule has 92 valence electrons. The number of nitrogens with zero attached hydrogens (tertiary/aromatic N) is 1. The second kappa shape index (κ2) is 5.29. The lowest BCUT2D eigenvalue weighted by molar-refractivity contribution is -0.138. The van der Waals surface area contributed by atoms with Gasteiger partial charge in [-0.05, 0) is 18.1 Å². The highest BCUT2D eigenvalue weighted by atomic mass is 16.4. The minimum atomic E-state index is -0.944. The number of pyridine rings is 1. The fourth-order valence-corrected chi connectivity index (χ4v) is 1.30. The van der Waals surface area contributed by atoms with Crippen molar-refractivity contribution in [3.8, 4) is 0 Å².